The van der Waals surface area contributed by atoms with Crippen LogP contribution in [0.5, 0.6) is 0 Å². The van der Waals surface area contributed by atoms with Crippen molar-refractivity contribution in [1.82, 2.24) is 4.57 Å². The van der Waals surface area contributed by atoms with E-state index in [9.17, 15) is 9.18 Å². The molecule has 0 amide bonds. The van der Waals surface area contributed by atoms with Gasteiger partial charge >= 0.3 is 0 Å². The topological polar surface area (TPSA) is 22.0 Å². The summed E-state index contributed by atoms with van der Waals surface area (Å²) in [7, 11) is 0. The van der Waals surface area contributed by atoms with E-state index in [2.05, 4.69) is 0 Å². The van der Waals surface area contributed by atoms with E-state index in [0.717, 1.165) is 11.9 Å². The average Bonchev–Trinajstić information content (AvgIpc) is 2.76. The van der Waals surface area contributed by atoms with Gasteiger partial charge in [-0.25, -0.2) is 4.39 Å². The highest BCUT2D eigenvalue weighted by molar-refractivity contribution is 6.34. The molecular formula is C17H13ClFNO. The fraction of sp³-hybridized carbons (Fsp3) is 0.118. The minimum atomic E-state index is -0.373. The zero-order valence-corrected chi connectivity index (χ0v) is 12.0. The van der Waals surface area contributed by atoms with Crippen LogP contribution in [0.15, 0.2) is 48.5 Å². The second-order valence-electron chi connectivity index (χ2n) is 4.87. The minimum absolute atomic E-state index is 0.347. The number of halogens is 2. The maximum atomic E-state index is 13.4. The molecule has 106 valence electrons. The highest BCUT2D eigenvalue weighted by Crippen LogP contribution is 2.29. The first-order valence-corrected chi connectivity index (χ1v) is 7.05. The van der Waals surface area contributed by atoms with Crippen LogP contribution in [-0.2, 0) is 13.0 Å². The lowest BCUT2D eigenvalue weighted by Gasteiger charge is -2.07. The Labute approximate surface area is 126 Å². The number of nitrogens with zero attached hydrogens (tertiary/aromatic N) is 1. The molecule has 1 aromatic heterocycles. The normalized spacial score (nSPS) is 11.0. The Morgan fingerprint density at radius 2 is 1.90 bits per heavy atom. The number of aryl methyl sites for hydroxylation is 2. The number of fused-ring (bicyclic) bond motifs is 1. The molecule has 2 nitrogen and oxygen atoms in total. The monoisotopic (exact) mass is 301 g/mol. The molecule has 3 aromatic rings. The number of carbonyl (C=O) groups excluding carboxylic acids is 1. The lowest BCUT2D eigenvalue weighted by Crippen LogP contribution is -2.01. The second kappa shape index (κ2) is 5.70. The van der Waals surface area contributed by atoms with Crippen molar-refractivity contribution in [2.75, 3.05) is 0 Å². The molecule has 1 heterocycles. The summed E-state index contributed by atoms with van der Waals surface area (Å²) in [6, 6.07) is 14.4. The lowest BCUT2D eigenvalue weighted by molar-refractivity contribution is 0.112. The van der Waals surface area contributed by atoms with Crippen molar-refractivity contribution in [3.05, 3.63) is 70.6 Å². The molecule has 0 radical (unpaired) electrons. The Morgan fingerprint density at radius 3 is 2.62 bits per heavy atom. The van der Waals surface area contributed by atoms with E-state index in [4.69, 9.17) is 11.6 Å². The van der Waals surface area contributed by atoms with Gasteiger partial charge in [0.25, 0.3) is 0 Å². The molecule has 0 saturated carbocycles. The highest BCUT2D eigenvalue weighted by atomic mass is 35.5. The molecule has 0 aliphatic heterocycles. The third-order valence-electron chi connectivity index (χ3n) is 3.58. The SMILES string of the molecule is O=Cc1c(Cl)n(CCc2ccccc2)c2ccc(F)cc12. The van der Waals surface area contributed by atoms with Crippen LogP contribution in [0.3, 0.4) is 0 Å². The molecule has 0 aliphatic carbocycles. The van der Waals surface area contributed by atoms with Crippen LogP contribution in [0.25, 0.3) is 10.9 Å². The summed E-state index contributed by atoms with van der Waals surface area (Å²) >= 11 is 6.28. The van der Waals surface area contributed by atoms with E-state index in [1.807, 2.05) is 34.9 Å². The van der Waals surface area contributed by atoms with Gasteiger partial charge in [-0.2, -0.15) is 0 Å². The summed E-state index contributed by atoms with van der Waals surface area (Å²) in [6.45, 7) is 0.638. The number of aromatic nitrogens is 1. The van der Waals surface area contributed by atoms with Crippen molar-refractivity contribution in [2.24, 2.45) is 0 Å². The molecular weight excluding hydrogens is 289 g/mol. The van der Waals surface area contributed by atoms with Crippen LogP contribution in [0, 0.1) is 5.82 Å². The zero-order valence-electron chi connectivity index (χ0n) is 11.2. The van der Waals surface area contributed by atoms with Crippen LogP contribution >= 0.6 is 11.6 Å². The van der Waals surface area contributed by atoms with Crippen LogP contribution in [0.1, 0.15) is 15.9 Å². The van der Waals surface area contributed by atoms with Gasteiger partial charge in [0.1, 0.15) is 11.0 Å². The summed E-state index contributed by atoms with van der Waals surface area (Å²) in [4.78, 5) is 11.2. The molecule has 4 heteroatoms. The predicted molar refractivity (Wildman–Crippen MR) is 82.4 cm³/mol. The summed E-state index contributed by atoms with van der Waals surface area (Å²) in [6.07, 6.45) is 1.48. The predicted octanol–water partition coefficient (Wildman–Crippen LogP) is 4.49. The van der Waals surface area contributed by atoms with Crippen LogP contribution in [0.4, 0.5) is 4.39 Å². The number of benzene rings is 2. The fourth-order valence-corrected chi connectivity index (χ4v) is 2.86. The third kappa shape index (κ3) is 2.57. The molecule has 0 saturated heterocycles. The van der Waals surface area contributed by atoms with Gasteiger partial charge in [-0.15, -0.1) is 0 Å². The average molecular weight is 302 g/mol. The Bertz CT molecular complexity index is 795. The summed E-state index contributed by atoms with van der Waals surface area (Å²) < 4.78 is 15.2. The minimum Gasteiger partial charge on any atom is -0.331 e. The summed E-state index contributed by atoms with van der Waals surface area (Å²) in [5, 5.41) is 0.921. The van der Waals surface area contributed by atoms with Crippen LogP contribution in [-0.4, -0.2) is 10.9 Å². The van der Waals surface area contributed by atoms with Gasteiger partial charge in [-0.05, 0) is 30.2 Å². The molecule has 0 atom stereocenters. The fourth-order valence-electron chi connectivity index (χ4n) is 2.54. The first-order valence-electron chi connectivity index (χ1n) is 6.67. The summed E-state index contributed by atoms with van der Waals surface area (Å²) in [5.41, 5.74) is 2.31. The van der Waals surface area contributed by atoms with Gasteiger partial charge in [0.05, 0.1) is 11.1 Å². The first kappa shape index (κ1) is 13.8. The lowest BCUT2D eigenvalue weighted by atomic mass is 10.1. The van der Waals surface area contributed by atoms with E-state index in [1.54, 1.807) is 6.07 Å². The van der Waals surface area contributed by atoms with Crippen LogP contribution in [0.2, 0.25) is 5.15 Å². The first-order chi connectivity index (χ1) is 10.2. The van der Waals surface area contributed by atoms with Gasteiger partial charge < -0.3 is 4.57 Å². The number of hydrogen-bond donors (Lipinski definition) is 0. The van der Waals surface area contributed by atoms with E-state index >= 15 is 0 Å². The molecule has 21 heavy (non-hydrogen) atoms. The van der Waals surface area contributed by atoms with E-state index < -0.39 is 0 Å². The Kier molecular flexibility index (Phi) is 3.76. The van der Waals surface area contributed by atoms with Crippen molar-refractivity contribution >= 4 is 28.8 Å². The van der Waals surface area contributed by atoms with Crippen molar-refractivity contribution in [3.63, 3.8) is 0 Å². The quantitative estimate of drug-likeness (QED) is 0.651. The van der Waals surface area contributed by atoms with Crippen molar-refractivity contribution in [2.45, 2.75) is 13.0 Å². The Hall–Kier alpha value is -2.13. The van der Waals surface area contributed by atoms with Gasteiger partial charge in [0, 0.05) is 11.9 Å². The van der Waals surface area contributed by atoms with Crippen molar-refractivity contribution in [3.8, 4) is 0 Å². The van der Waals surface area contributed by atoms with Crippen molar-refractivity contribution in [1.29, 1.82) is 0 Å². The molecule has 2 aromatic carbocycles. The highest BCUT2D eigenvalue weighted by Gasteiger charge is 2.15. The maximum absolute atomic E-state index is 13.4. The van der Waals surface area contributed by atoms with Crippen LogP contribution < -0.4 is 0 Å². The largest absolute Gasteiger partial charge is 0.331 e. The Morgan fingerprint density at radius 1 is 1.14 bits per heavy atom. The maximum Gasteiger partial charge on any atom is 0.153 e. The molecule has 3 rings (SSSR count). The molecule has 0 bridgehead atoms. The summed E-state index contributed by atoms with van der Waals surface area (Å²) in [5.74, 6) is -0.373. The number of hydrogen-bond acceptors (Lipinski definition) is 1. The standard InChI is InChI=1S/C17H13ClFNO/c18-17-15(11-21)14-10-13(19)6-7-16(14)20(17)9-8-12-4-2-1-3-5-12/h1-7,10-11H,8-9H2. The van der Waals surface area contributed by atoms with E-state index in [-0.39, 0.29) is 5.82 Å². The van der Waals surface area contributed by atoms with Gasteiger partial charge in [0.15, 0.2) is 6.29 Å². The van der Waals surface area contributed by atoms with Crippen molar-refractivity contribution < 1.29 is 9.18 Å². The molecule has 0 fully saturated rings. The molecule has 0 N–H and O–H groups in total. The van der Waals surface area contributed by atoms with E-state index in [1.165, 1.54) is 17.7 Å². The third-order valence-corrected chi connectivity index (χ3v) is 3.99. The number of carbonyl (C=O) groups is 1. The van der Waals surface area contributed by atoms with Gasteiger partial charge in [-0.3, -0.25) is 4.79 Å². The second-order valence-corrected chi connectivity index (χ2v) is 5.23. The van der Waals surface area contributed by atoms with Gasteiger partial charge in [-0.1, -0.05) is 41.9 Å². The number of rotatable bonds is 4. The Balaban J connectivity index is 2.02. The smallest absolute Gasteiger partial charge is 0.153 e. The van der Waals surface area contributed by atoms with E-state index in [0.29, 0.717) is 28.9 Å². The molecule has 0 aliphatic rings. The molecule has 0 unspecified atom stereocenters. The number of aldehydes is 1. The zero-order chi connectivity index (χ0) is 14.8. The van der Waals surface area contributed by atoms with Gasteiger partial charge in [0.2, 0.25) is 0 Å². The molecule has 0 spiro atoms.